The number of halogens is 1. The number of aromatic nitrogens is 1. The molecule has 3 aromatic rings. The van der Waals surface area contributed by atoms with E-state index in [0.717, 1.165) is 60.9 Å². The van der Waals surface area contributed by atoms with Gasteiger partial charge in [0.1, 0.15) is 5.82 Å². The summed E-state index contributed by atoms with van der Waals surface area (Å²) in [5, 5.41) is 36.9. The van der Waals surface area contributed by atoms with Crippen molar-refractivity contribution in [1.29, 1.82) is 0 Å². The van der Waals surface area contributed by atoms with Crippen LogP contribution in [-0.4, -0.2) is 86.6 Å². The van der Waals surface area contributed by atoms with Crippen LogP contribution in [0.25, 0.3) is 10.9 Å². The standard InChI is InChI=1S/C26H32FN3O3.C2H2O4/c27-22-5-2-19(3-6-22)7-11-29-12-9-23(10-13-29)30-14-8-21-4-1-20(15-25(21)30)16-26(33)28-17-24(32)18-31;3-1(4)2(5)6/h1-6,8,14-15,23-24,31-32H,7,9-13,16-18H2,(H,28,33);(H,3,4)(H,5,6). The first-order valence-electron chi connectivity index (χ1n) is 12.7. The first kappa shape index (κ1) is 29.8. The molecule has 0 spiro atoms. The molecule has 1 fully saturated rings. The molecule has 1 saturated heterocycles. The van der Waals surface area contributed by atoms with Gasteiger partial charge in [-0.05, 0) is 60.0 Å². The van der Waals surface area contributed by atoms with E-state index in [1.807, 2.05) is 18.2 Å². The van der Waals surface area contributed by atoms with E-state index in [2.05, 4.69) is 39.2 Å². The van der Waals surface area contributed by atoms with Gasteiger partial charge in [-0.15, -0.1) is 0 Å². The molecule has 0 aliphatic carbocycles. The molecule has 1 aliphatic heterocycles. The Morgan fingerprint density at radius 2 is 1.62 bits per heavy atom. The van der Waals surface area contributed by atoms with Crippen molar-refractivity contribution < 1.29 is 39.2 Å². The quantitative estimate of drug-likeness (QED) is 0.256. The van der Waals surface area contributed by atoms with Gasteiger partial charge in [-0.25, -0.2) is 14.0 Å². The highest BCUT2D eigenvalue weighted by Gasteiger charge is 2.21. The van der Waals surface area contributed by atoms with E-state index in [1.54, 1.807) is 0 Å². The zero-order valence-electron chi connectivity index (χ0n) is 21.5. The summed E-state index contributed by atoms with van der Waals surface area (Å²) in [7, 11) is 0. The van der Waals surface area contributed by atoms with Gasteiger partial charge in [-0.1, -0.05) is 24.3 Å². The second kappa shape index (κ2) is 14.4. The molecule has 5 N–H and O–H groups in total. The van der Waals surface area contributed by atoms with Crippen molar-refractivity contribution in [2.24, 2.45) is 0 Å². The maximum Gasteiger partial charge on any atom is 0.414 e. The molecular formula is C28H34FN3O7. The predicted octanol–water partition coefficient (Wildman–Crippen LogP) is 1.83. The van der Waals surface area contributed by atoms with Crippen LogP contribution in [0.1, 0.15) is 30.0 Å². The van der Waals surface area contributed by atoms with Gasteiger partial charge >= 0.3 is 11.9 Å². The molecule has 1 atom stereocenters. The van der Waals surface area contributed by atoms with Crippen LogP contribution in [-0.2, 0) is 27.2 Å². The lowest BCUT2D eigenvalue weighted by Gasteiger charge is -2.33. The SMILES string of the molecule is O=C(Cc1ccc2ccn(C3CCN(CCc4ccc(F)cc4)CC3)c2c1)NCC(O)CO.O=C(O)C(=O)O. The molecule has 2 aromatic carbocycles. The van der Waals surface area contributed by atoms with Crippen LogP contribution < -0.4 is 5.32 Å². The third-order valence-corrected chi connectivity index (χ3v) is 6.66. The smallest absolute Gasteiger partial charge is 0.414 e. The number of rotatable bonds is 9. The van der Waals surface area contributed by atoms with Gasteiger partial charge in [0, 0.05) is 43.9 Å². The third kappa shape index (κ3) is 9.17. The number of aliphatic carboxylic acids is 2. The highest BCUT2D eigenvalue weighted by Crippen LogP contribution is 2.28. The van der Waals surface area contributed by atoms with Crippen molar-refractivity contribution in [2.45, 2.75) is 37.8 Å². The molecule has 0 radical (unpaired) electrons. The summed E-state index contributed by atoms with van der Waals surface area (Å²) in [5.41, 5.74) is 3.23. The number of nitrogens with zero attached hydrogens (tertiary/aromatic N) is 2. The van der Waals surface area contributed by atoms with Gasteiger partial charge in [-0.3, -0.25) is 4.79 Å². The van der Waals surface area contributed by atoms with E-state index in [0.29, 0.717) is 6.04 Å². The Kier molecular flexibility index (Phi) is 11.0. The lowest BCUT2D eigenvalue weighted by molar-refractivity contribution is -0.159. The van der Waals surface area contributed by atoms with Crippen LogP contribution in [0.2, 0.25) is 0 Å². The summed E-state index contributed by atoms with van der Waals surface area (Å²) in [6.07, 6.45) is 4.51. The Hall–Kier alpha value is -3.80. The average Bonchev–Trinajstić information content (AvgIpc) is 3.35. The number of hydrogen-bond acceptors (Lipinski definition) is 6. The molecule has 1 aliphatic rings. The van der Waals surface area contributed by atoms with E-state index in [1.165, 1.54) is 12.1 Å². The summed E-state index contributed by atoms with van der Waals surface area (Å²) in [4.78, 5) is 32.8. The fourth-order valence-electron chi connectivity index (χ4n) is 4.53. The highest BCUT2D eigenvalue weighted by atomic mass is 19.1. The zero-order chi connectivity index (χ0) is 28.4. The molecule has 11 heteroatoms. The maximum atomic E-state index is 13.1. The zero-order valence-corrected chi connectivity index (χ0v) is 21.5. The normalized spacial score (nSPS) is 14.8. The van der Waals surface area contributed by atoms with E-state index < -0.39 is 18.0 Å². The number of aliphatic hydroxyl groups is 2. The third-order valence-electron chi connectivity index (χ3n) is 6.66. The Morgan fingerprint density at radius 3 is 2.23 bits per heavy atom. The molecule has 10 nitrogen and oxygen atoms in total. The van der Waals surface area contributed by atoms with Crippen molar-refractivity contribution in [3.63, 3.8) is 0 Å². The highest BCUT2D eigenvalue weighted by molar-refractivity contribution is 6.27. The van der Waals surface area contributed by atoms with Crippen molar-refractivity contribution >= 4 is 28.7 Å². The maximum absolute atomic E-state index is 13.1. The molecule has 4 rings (SSSR count). The second-order valence-corrected chi connectivity index (χ2v) is 9.49. The summed E-state index contributed by atoms with van der Waals surface area (Å²) in [5.74, 6) is -4.01. The van der Waals surface area contributed by atoms with Gasteiger partial charge in [0.05, 0.1) is 19.1 Å². The minimum Gasteiger partial charge on any atom is -0.473 e. The molecule has 0 bridgehead atoms. The minimum atomic E-state index is -1.82. The Morgan fingerprint density at radius 1 is 0.974 bits per heavy atom. The van der Waals surface area contributed by atoms with Crippen LogP contribution in [0.4, 0.5) is 4.39 Å². The van der Waals surface area contributed by atoms with Crippen LogP contribution >= 0.6 is 0 Å². The Balaban J connectivity index is 0.000000631. The first-order chi connectivity index (χ1) is 18.7. The van der Waals surface area contributed by atoms with E-state index in [9.17, 15) is 14.3 Å². The van der Waals surface area contributed by atoms with Gasteiger partial charge < -0.3 is 35.2 Å². The first-order valence-corrected chi connectivity index (χ1v) is 12.7. The van der Waals surface area contributed by atoms with Crippen LogP contribution in [0.5, 0.6) is 0 Å². The molecule has 2 heterocycles. The number of carboxylic acids is 2. The molecule has 210 valence electrons. The number of benzene rings is 2. The van der Waals surface area contributed by atoms with Crippen molar-refractivity contribution in [1.82, 2.24) is 14.8 Å². The number of hydrogen-bond donors (Lipinski definition) is 5. The van der Waals surface area contributed by atoms with E-state index in [-0.39, 0.29) is 31.3 Å². The summed E-state index contributed by atoms with van der Waals surface area (Å²) >= 11 is 0. The Labute approximate surface area is 225 Å². The molecular weight excluding hydrogens is 509 g/mol. The fraction of sp³-hybridized carbons (Fsp3) is 0.393. The fourth-order valence-corrected chi connectivity index (χ4v) is 4.53. The largest absolute Gasteiger partial charge is 0.473 e. The monoisotopic (exact) mass is 543 g/mol. The summed E-state index contributed by atoms with van der Waals surface area (Å²) in [6, 6.07) is 15.4. The van der Waals surface area contributed by atoms with Gasteiger partial charge in [0.25, 0.3) is 0 Å². The second-order valence-electron chi connectivity index (χ2n) is 9.49. The van der Waals surface area contributed by atoms with E-state index >= 15 is 0 Å². The van der Waals surface area contributed by atoms with E-state index in [4.69, 9.17) is 24.9 Å². The van der Waals surface area contributed by atoms with Gasteiger partial charge in [-0.2, -0.15) is 0 Å². The Bertz CT molecular complexity index is 1240. The topological polar surface area (TPSA) is 152 Å². The number of carbonyl (C=O) groups is 3. The number of piperidine rings is 1. The minimum absolute atomic E-state index is 0.0493. The van der Waals surface area contributed by atoms with Crippen LogP contribution in [0, 0.1) is 5.82 Å². The van der Waals surface area contributed by atoms with Crippen molar-refractivity contribution in [3.05, 3.63) is 71.7 Å². The number of fused-ring (bicyclic) bond motifs is 1. The number of likely N-dealkylation sites (tertiary alicyclic amines) is 1. The molecule has 0 saturated carbocycles. The van der Waals surface area contributed by atoms with Crippen LogP contribution in [0.15, 0.2) is 54.7 Å². The molecule has 39 heavy (non-hydrogen) atoms. The number of carbonyl (C=O) groups excluding carboxylic acids is 1. The predicted molar refractivity (Wildman–Crippen MR) is 142 cm³/mol. The number of amides is 1. The molecule has 1 unspecified atom stereocenters. The average molecular weight is 544 g/mol. The van der Waals surface area contributed by atoms with Gasteiger partial charge in [0.2, 0.25) is 5.91 Å². The van der Waals surface area contributed by atoms with Crippen molar-refractivity contribution in [3.8, 4) is 0 Å². The molecule has 1 amide bonds. The summed E-state index contributed by atoms with van der Waals surface area (Å²) in [6.45, 7) is 2.72. The van der Waals surface area contributed by atoms with Crippen LogP contribution in [0.3, 0.4) is 0 Å². The summed E-state index contributed by atoms with van der Waals surface area (Å²) < 4.78 is 15.4. The lowest BCUT2D eigenvalue weighted by atomic mass is 10.0. The number of aliphatic hydroxyl groups excluding tert-OH is 2. The van der Waals surface area contributed by atoms with Crippen molar-refractivity contribution in [2.75, 3.05) is 32.8 Å². The number of carboxylic acid groups (broad SMARTS) is 2. The number of nitrogens with one attached hydrogen (secondary N) is 1. The van der Waals surface area contributed by atoms with Gasteiger partial charge in [0.15, 0.2) is 0 Å². The lowest BCUT2D eigenvalue weighted by Crippen LogP contribution is -2.35. The molecule has 1 aromatic heterocycles.